The van der Waals surface area contributed by atoms with Gasteiger partial charge in [-0.15, -0.1) is 0 Å². The van der Waals surface area contributed by atoms with Crippen LogP contribution in [0, 0.1) is 6.92 Å². The Labute approximate surface area is 161 Å². The Hall–Kier alpha value is -2.18. The third kappa shape index (κ3) is 3.15. The number of halogens is 1. The molecule has 0 unspecified atom stereocenters. The van der Waals surface area contributed by atoms with Crippen molar-refractivity contribution in [2.75, 3.05) is 42.6 Å². The molecule has 2 aromatic rings. The Kier molecular flexibility index (Phi) is 4.54. The molecule has 2 aliphatic heterocycles. The number of anilines is 2. The molecule has 1 saturated heterocycles. The van der Waals surface area contributed by atoms with Crippen LogP contribution in [0.25, 0.3) is 0 Å². The maximum absolute atomic E-state index is 12.4. The van der Waals surface area contributed by atoms with Crippen LogP contribution in [-0.2, 0) is 4.79 Å². The van der Waals surface area contributed by atoms with Crippen molar-refractivity contribution >= 4 is 39.0 Å². The van der Waals surface area contributed by atoms with Crippen molar-refractivity contribution in [1.29, 1.82) is 0 Å². The number of benzene rings is 2. The third-order valence-electron chi connectivity index (χ3n) is 5.02. The van der Waals surface area contributed by atoms with E-state index in [1.54, 1.807) is 17.0 Å². The molecule has 0 aliphatic carbocycles. The minimum atomic E-state index is -0.431. The molecule has 0 saturated carbocycles. The number of Topliss-reactive ketones (excluding diaryl/α,β-unsaturated/α-hetero) is 1. The Morgan fingerprint density at radius 1 is 1.00 bits per heavy atom. The molecule has 1 amide bonds. The van der Waals surface area contributed by atoms with Gasteiger partial charge >= 0.3 is 5.91 Å². The molecular weight excluding hydrogens is 394 g/mol. The summed E-state index contributed by atoms with van der Waals surface area (Å²) in [4.78, 5) is 30.8. The quantitative estimate of drug-likeness (QED) is 0.725. The summed E-state index contributed by atoms with van der Waals surface area (Å²) in [6.07, 6.45) is 0. The maximum atomic E-state index is 12.4. The van der Waals surface area contributed by atoms with Crippen LogP contribution in [0.2, 0.25) is 0 Å². The summed E-state index contributed by atoms with van der Waals surface area (Å²) < 4.78 is 0.869. The number of hydrogen-bond donors (Lipinski definition) is 0. The lowest BCUT2D eigenvalue weighted by Gasteiger charge is -2.37. The number of amides is 1. The van der Waals surface area contributed by atoms with Gasteiger partial charge in [-0.3, -0.25) is 19.4 Å². The average Bonchev–Trinajstić information content (AvgIpc) is 2.87. The third-order valence-corrected chi connectivity index (χ3v) is 5.51. The first-order chi connectivity index (χ1) is 12.5. The number of fused-ring (bicyclic) bond motifs is 1. The van der Waals surface area contributed by atoms with E-state index in [9.17, 15) is 9.59 Å². The standard InChI is InChI=1S/C20H20BrN3O2/c1-14-3-2-4-16(11-14)23-9-7-22(8-10-23)13-24-18-12-15(21)5-6-17(18)19(25)20(24)26/h2-6,11-12H,7-10,13H2,1H3. The van der Waals surface area contributed by atoms with Gasteiger partial charge in [0.1, 0.15) is 0 Å². The molecule has 134 valence electrons. The molecule has 2 aliphatic rings. The predicted molar refractivity (Wildman–Crippen MR) is 106 cm³/mol. The number of hydrogen-bond acceptors (Lipinski definition) is 4. The molecule has 0 bridgehead atoms. The fourth-order valence-corrected chi connectivity index (χ4v) is 3.93. The first kappa shape index (κ1) is 17.2. The van der Waals surface area contributed by atoms with E-state index < -0.39 is 11.7 Å². The molecule has 4 rings (SSSR count). The summed E-state index contributed by atoms with van der Waals surface area (Å²) in [5.41, 5.74) is 3.70. The lowest BCUT2D eigenvalue weighted by atomic mass is 10.1. The van der Waals surface area contributed by atoms with Crippen LogP contribution in [0.3, 0.4) is 0 Å². The fourth-order valence-electron chi connectivity index (χ4n) is 3.58. The minimum Gasteiger partial charge on any atom is -0.369 e. The summed E-state index contributed by atoms with van der Waals surface area (Å²) in [6.45, 7) is 6.08. The number of carbonyl (C=O) groups is 2. The van der Waals surface area contributed by atoms with Gasteiger partial charge in [0.05, 0.1) is 17.9 Å². The van der Waals surface area contributed by atoms with Gasteiger partial charge in [-0.05, 0) is 42.8 Å². The number of nitrogens with zero attached hydrogens (tertiary/aromatic N) is 3. The van der Waals surface area contributed by atoms with Gasteiger partial charge < -0.3 is 4.90 Å². The van der Waals surface area contributed by atoms with E-state index in [2.05, 4.69) is 56.9 Å². The minimum absolute atomic E-state index is 0.411. The monoisotopic (exact) mass is 413 g/mol. The van der Waals surface area contributed by atoms with E-state index in [0.29, 0.717) is 17.9 Å². The van der Waals surface area contributed by atoms with Gasteiger partial charge in [-0.25, -0.2) is 0 Å². The lowest BCUT2D eigenvalue weighted by Crippen LogP contribution is -2.51. The van der Waals surface area contributed by atoms with Crippen molar-refractivity contribution in [2.45, 2.75) is 6.92 Å². The molecule has 2 aromatic carbocycles. The van der Waals surface area contributed by atoms with Gasteiger partial charge in [0, 0.05) is 36.3 Å². The molecule has 26 heavy (non-hydrogen) atoms. The first-order valence-electron chi connectivity index (χ1n) is 8.72. The van der Waals surface area contributed by atoms with Gasteiger partial charge in [0.15, 0.2) is 0 Å². The molecule has 0 radical (unpaired) electrons. The van der Waals surface area contributed by atoms with Crippen LogP contribution in [0.1, 0.15) is 15.9 Å². The molecular formula is C20H20BrN3O2. The Morgan fingerprint density at radius 3 is 2.50 bits per heavy atom. The number of piperazine rings is 1. The first-order valence-corrected chi connectivity index (χ1v) is 9.52. The largest absolute Gasteiger partial charge is 0.369 e. The molecule has 0 spiro atoms. The Morgan fingerprint density at radius 2 is 1.77 bits per heavy atom. The number of carbonyl (C=O) groups excluding carboxylic acids is 2. The van der Waals surface area contributed by atoms with Crippen molar-refractivity contribution in [3.63, 3.8) is 0 Å². The number of ketones is 1. The van der Waals surface area contributed by atoms with Crippen molar-refractivity contribution in [1.82, 2.24) is 4.90 Å². The van der Waals surface area contributed by atoms with Gasteiger partial charge in [0.2, 0.25) is 0 Å². The van der Waals surface area contributed by atoms with E-state index in [0.717, 1.165) is 30.7 Å². The second-order valence-corrected chi connectivity index (χ2v) is 7.72. The van der Waals surface area contributed by atoms with Crippen LogP contribution in [0.5, 0.6) is 0 Å². The van der Waals surface area contributed by atoms with E-state index in [1.165, 1.54) is 11.3 Å². The highest BCUT2D eigenvalue weighted by atomic mass is 79.9. The second kappa shape index (κ2) is 6.85. The highest BCUT2D eigenvalue weighted by Crippen LogP contribution is 2.32. The van der Waals surface area contributed by atoms with Crippen molar-refractivity contribution in [3.05, 3.63) is 58.1 Å². The van der Waals surface area contributed by atoms with Gasteiger partial charge in [-0.2, -0.15) is 0 Å². The molecule has 0 atom stereocenters. The second-order valence-electron chi connectivity index (χ2n) is 6.81. The zero-order chi connectivity index (χ0) is 18.3. The zero-order valence-corrected chi connectivity index (χ0v) is 16.2. The topological polar surface area (TPSA) is 43.9 Å². The SMILES string of the molecule is Cc1cccc(N2CCN(CN3C(=O)C(=O)c4ccc(Br)cc43)CC2)c1. The van der Waals surface area contributed by atoms with E-state index in [-0.39, 0.29) is 0 Å². The van der Waals surface area contributed by atoms with E-state index >= 15 is 0 Å². The zero-order valence-electron chi connectivity index (χ0n) is 14.6. The van der Waals surface area contributed by atoms with Crippen LogP contribution in [0.15, 0.2) is 46.9 Å². The maximum Gasteiger partial charge on any atom is 0.300 e. The summed E-state index contributed by atoms with van der Waals surface area (Å²) in [5.74, 6) is -0.842. The molecule has 2 heterocycles. The summed E-state index contributed by atoms with van der Waals surface area (Å²) in [5, 5.41) is 0. The lowest BCUT2D eigenvalue weighted by molar-refractivity contribution is -0.114. The van der Waals surface area contributed by atoms with E-state index in [1.807, 2.05) is 6.07 Å². The summed E-state index contributed by atoms with van der Waals surface area (Å²) >= 11 is 3.43. The van der Waals surface area contributed by atoms with Crippen molar-refractivity contribution in [3.8, 4) is 0 Å². The van der Waals surface area contributed by atoms with Crippen LogP contribution in [-0.4, -0.2) is 49.4 Å². The molecule has 5 nitrogen and oxygen atoms in total. The smallest absolute Gasteiger partial charge is 0.300 e. The average molecular weight is 414 g/mol. The van der Waals surface area contributed by atoms with Crippen LogP contribution >= 0.6 is 15.9 Å². The summed E-state index contributed by atoms with van der Waals surface area (Å²) in [6, 6.07) is 13.9. The Bertz CT molecular complexity index is 875. The van der Waals surface area contributed by atoms with Crippen molar-refractivity contribution in [2.24, 2.45) is 0 Å². The van der Waals surface area contributed by atoms with Crippen LogP contribution in [0.4, 0.5) is 11.4 Å². The molecule has 0 aromatic heterocycles. The normalized spacial score (nSPS) is 17.8. The Balaban J connectivity index is 1.44. The van der Waals surface area contributed by atoms with Crippen LogP contribution < -0.4 is 9.80 Å². The van der Waals surface area contributed by atoms with Gasteiger partial charge in [0.25, 0.3) is 5.78 Å². The highest BCUT2D eigenvalue weighted by Gasteiger charge is 2.37. The van der Waals surface area contributed by atoms with Crippen molar-refractivity contribution < 1.29 is 9.59 Å². The summed E-state index contributed by atoms with van der Waals surface area (Å²) in [7, 11) is 0. The number of aryl methyl sites for hydroxylation is 1. The van der Waals surface area contributed by atoms with Gasteiger partial charge in [-0.1, -0.05) is 28.1 Å². The molecule has 6 heteroatoms. The number of rotatable bonds is 3. The molecule has 1 fully saturated rings. The van der Waals surface area contributed by atoms with E-state index in [4.69, 9.17) is 0 Å². The fraction of sp³-hybridized carbons (Fsp3) is 0.300. The predicted octanol–water partition coefficient (Wildman–Crippen LogP) is 3.07. The highest BCUT2D eigenvalue weighted by molar-refractivity contribution is 9.10. The molecule has 0 N–H and O–H groups in total.